The second-order valence-corrected chi connectivity index (χ2v) is 5.17. The van der Waals surface area contributed by atoms with Gasteiger partial charge in [0.2, 0.25) is 0 Å². The first-order chi connectivity index (χ1) is 8.08. The largest absolute Gasteiger partial charge is 0.361 e. The van der Waals surface area contributed by atoms with Gasteiger partial charge in [-0.25, -0.2) is 4.98 Å². The molecule has 2 rings (SSSR count). The van der Waals surface area contributed by atoms with Crippen LogP contribution in [0.15, 0.2) is 9.90 Å². The lowest BCUT2D eigenvalue weighted by Gasteiger charge is -2.12. The first-order valence-electron chi connectivity index (χ1n) is 5.65. The van der Waals surface area contributed by atoms with Crippen molar-refractivity contribution in [3.63, 3.8) is 0 Å². The van der Waals surface area contributed by atoms with Gasteiger partial charge in [0.15, 0.2) is 0 Å². The Bertz CT molecular complexity index is 484. The summed E-state index contributed by atoms with van der Waals surface area (Å²) >= 11 is 1.68. The van der Waals surface area contributed by atoms with E-state index in [-0.39, 0.29) is 6.04 Å². The number of hydrogen-bond acceptors (Lipinski definition) is 5. The van der Waals surface area contributed by atoms with Crippen molar-refractivity contribution in [2.75, 3.05) is 0 Å². The van der Waals surface area contributed by atoms with Crippen LogP contribution in [0.25, 0.3) is 0 Å². The monoisotopic (exact) mass is 251 g/mol. The molecule has 1 N–H and O–H groups in total. The van der Waals surface area contributed by atoms with Crippen molar-refractivity contribution < 1.29 is 4.52 Å². The number of aromatic nitrogens is 2. The average molecular weight is 251 g/mol. The Morgan fingerprint density at radius 2 is 2.18 bits per heavy atom. The Morgan fingerprint density at radius 3 is 2.71 bits per heavy atom. The Hall–Kier alpha value is -1.20. The third-order valence-corrected chi connectivity index (χ3v) is 3.71. The first-order valence-corrected chi connectivity index (χ1v) is 6.53. The van der Waals surface area contributed by atoms with Gasteiger partial charge in [0, 0.05) is 29.2 Å². The van der Waals surface area contributed by atoms with Crippen molar-refractivity contribution in [1.29, 1.82) is 0 Å². The van der Waals surface area contributed by atoms with Crippen molar-refractivity contribution in [2.24, 2.45) is 0 Å². The topological polar surface area (TPSA) is 51.0 Å². The fraction of sp³-hybridized carbons (Fsp3) is 0.500. The standard InChI is InChI=1S/C12H17N3OS/c1-7-6-17-11(14-7)5-13-8(2)12-9(3)15-16-10(12)4/h6,8,13H,5H2,1-4H3. The highest BCUT2D eigenvalue weighted by Gasteiger charge is 2.16. The van der Waals surface area contributed by atoms with Gasteiger partial charge in [-0.1, -0.05) is 5.16 Å². The zero-order chi connectivity index (χ0) is 12.4. The summed E-state index contributed by atoms with van der Waals surface area (Å²) in [6.07, 6.45) is 0. The van der Waals surface area contributed by atoms with E-state index in [2.05, 4.69) is 27.8 Å². The van der Waals surface area contributed by atoms with Crippen LogP contribution in [0.4, 0.5) is 0 Å². The van der Waals surface area contributed by atoms with E-state index in [1.807, 2.05) is 20.8 Å². The van der Waals surface area contributed by atoms with Crippen LogP contribution in [-0.4, -0.2) is 10.1 Å². The Labute approximate surface area is 105 Å². The van der Waals surface area contributed by atoms with E-state index in [1.54, 1.807) is 11.3 Å². The zero-order valence-corrected chi connectivity index (χ0v) is 11.4. The van der Waals surface area contributed by atoms with E-state index in [4.69, 9.17) is 4.52 Å². The quantitative estimate of drug-likeness (QED) is 0.907. The molecule has 0 saturated carbocycles. The van der Waals surface area contributed by atoms with Gasteiger partial charge in [-0.15, -0.1) is 11.3 Å². The van der Waals surface area contributed by atoms with Crippen LogP contribution in [0.1, 0.15) is 40.7 Å². The average Bonchev–Trinajstić information content (AvgIpc) is 2.83. The molecule has 0 fully saturated rings. The summed E-state index contributed by atoms with van der Waals surface area (Å²) < 4.78 is 5.17. The summed E-state index contributed by atoms with van der Waals surface area (Å²) in [6.45, 7) is 8.83. The molecule has 0 radical (unpaired) electrons. The normalized spacial score (nSPS) is 12.9. The van der Waals surface area contributed by atoms with Crippen molar-refractivity contribution >= 4 is 11.3 Å². The molecule has 17 heavy (non-hydrogen) atoms. The second-order valence-electron chi connectivity index (χ2n) is 4.22. The van der Waals surface area contributed by atoms with E-state index in [0.29, 0.717) is 0 Å². The van der Waals surface area contributed by atoms with Crippen LogP contribution in [0, 0.1) is 20.8 Å². The van der Waals surface area contributed by atoms with Gasteiger partial charge in [0.05, 0.1) is 5.69 Å². The van der Waals surface area contributed by atoms with Crippen LogP contribution in [-0.2, 0) is 6.54 Å². The van der Waals surface area contributed by atoms with Crippen molar-refractivity contribution in [3.8, 4) is 0 Å². The molecule has 1 unspecified atom stereocenters. The zero-order valence-electron chi connectivity index (χ0n) is 10.6. The number of nitrogens with one attached hydrogen (secondary N) is 1. The number of aryl methyl sites for hydroxylation is 3. The lowest BCUT2D eigenvalue weighted by atomic mass is 10.1. The van der Waals surface area contributed by atoms with E-state index in [9.17, 15) is 0 Å². The molecule has 0 aliphatic heterocycles. The lowest BCUT2D eigenvalue weighted by molar-refractivity contribution is 0.390. The number of nitrogens with zero attached hydrogens (tertiary/aromatic N) is 2. The molecule has 5 heteroatoms. The molecule has 92 valence electrons. The summed E-state index contributed by atoms with van der Waals surface area (Å²) in [7, 11) is 0. The third kappa shape index (κ3) is 2.73. The Morgan fingerprint density at radius 1 is 1.41 bits per heavy atom. The van der Waals surface area contributed by atoms with Crippen LogP contribution in [0.5, 0.6) is 0 Å². The molecule has 0 aliphatic rings. The smallest absolute Gasteiger partial charge is 0.138 e. The Balaban J connectivity index is 2.00. The molecule has 2 aromatic rings. The van der Waals surface area contributed by atoms with Gasteiger partial charge >= 0.3 is 0 Å². The van der Waals surface area contributed by atoms with Crippen LogP contribution in [0.2, 0.25) is 0 Å². The van der Waals surface area contributed by atoms with Gasteiger partial charge in [-0.05, 0) is 27.7 Å². The Kier molecular flexibility index (Phi) is 3.59. The van der Waals surface area contributed by atoms with Crippen molar-refractivity contribution in [3.05, 3.63) is 33.1 Å². The molecule has 1 atom stereocenters. The lowest BCUT2D eigenvalue weighted by Crippen LogP contribution is -2.19. The molecule has 0 saturated heterocycles. The minimum Gasteiger partial charge on any atom is -0.361 e. The minimum absolute atomic E-state index is 0.227. The number of hydrogen-bond donors (Lipinski definition) is 1. The van der Waals surface area contributed by atoms with E-state index >= 15 is 0 Å². The van der Waals surface area contributed by atoms with Crippen LogP contribution in [0.3, 0.4) is 0 Å². The molecular weight excluding hydrogens is 234 g/mol. The van der Waals surface area contributed by atoms with Gasteiger partial charge in [0.25, 0.3) is 0 Å². The summed E-state index contributed by atoms with van der Waals surface area (Å²) in [6, 6.07) is 0.227. The molecule has 0 amide bonds. The third-order valence-electron chi connectivity index (χ3n) is 2.75. The second kappa shape index (κ2) is 4.98. The van der Waals surface area contributed by atoms with Gasteiger partial charge in [-0.3, -0.25) is 0 Å². The fourth-order valence-corrected chi connectivity index (χ4v) is 2.66. The molecule has 0 aromatic carbocycles. The maximum Gasteiger partial charge on any atom is 0.138 e. The highest BCUT2D eigenvalue weighted by molar-refractivity contribution is 7.09. The fourth-order valence-electron chi connectivity index (χ4n) is 1.93. The number of thiazole rings is 1. The molecule has 2 heterocycles. The van der Waals surface area contributed by atoms with E-state index in [1.165, 1.54) is 0 Å². The van der Waals surface area contributed by atoms with Crippen LogP contribution >= 0.6 is 11.3 Å². The minimum atomic E-state index is 0.227. The van der Waals surface area contributed by atoms with Gasteiger partial charge in [0.1, 0.15) is 10.8 Å². The van der Waals surface area contributed by atoms with Gasteiger partial charge in [-0.2, -0.15) is 0 Å². The highest BCUT2D eigenvalue weighted by atomic mass is 32.1. The van der Waals surface area contributed by atoms with E-state index in [0.717, 1.165) is 34.3 Å². The van der Waals surface area contributed by atoms with Gasteiger partial charge < -0.3 is 9.84 Å². The molecule has 2 aromatic heterocycles. The molecular formula is C12H17N3OS. The summed E-state index contributed by atoms with van der Waals surface area (Å²) in [5.41, 5.74) is 3.19. The molecule has 0 aliphatic carbocycles. The summed E-state index contributed by atoms with van der Waals surface area (Å²) in [4.78, 5) is 4.43. The molecule has 0 bridgehead atoms. The molecule has 0 spiro atoms. The summed E-state index contributed by atoms with van der Waals surface area (Å²) in [5, 5.41) is 10.6. The maximum absolute atomic E-state index is 5.17. The van der Waals surface area contributed by atoms with Crippen LogP contribution < -0.4 is 5.32 Å². The SMILES string of the molecule is Cc1csc(CNC(C)c2c(C)noc2C)n1. The van der Waals surface area contributed by atoms with E-state index < -0.39 is 0 Å². The van der Waals surface area contributed by atoms with Crippen molar-refractivity contribution in [1.82, 2.24) is 15.5 Å². The predicted molar refractivity (Wildman–Crippen MR) is 68.1 cm³/mol. The highest BCUT2D eigenvalue weighted by Crippen LogP contribution is 2.21. The predicted octanol–water partition coefficient (Wildman–Crippen LogP) is 2.91. The number of rotatable bonds is 4. The summed E-state index contributed by atoms with van der Waals surface area (Å²) in [5.74, 6) is 0.887. The van der Waals surface area contributed by atoms with Crippen molar-refractivity contribution in [2.45, 2.75) is 40.3 Å². The first kappa shape index (κ1) is 12.3. The molecule has 4 nitrogen and oxygen atoms in total. The maximum atomic E-state index is 5.17.